The van der Waals surface area contributed by atoms with Crippen molar-refractivity contribution in [3.63, 3.8) is 0 Å². The maximum atomic E-state index is 13.4. The molecule has 0 radical (unpaired) electrons. The van der Waals surface area contributed by atoms with Crippen molar-refractivity contribution in [2.24, 2.45) is 0 Å². The minimum absolute atomic E-state index is 0.00736. The molecule has 7 nitrogen and oxygen atoms in total. The van der Waals surface area contributed by atoms with E-state index in [0.29, 0.717) is 32.5 Å². The van der Waals surface area contributed by atoms with Crippen molar-refractivity contribution in [1.29, 1.82) is 0 Å². The number of aromatic nitrogens is 3. The van der Waals surface area contributed by atoms with Crippen LogP contribution in [0.5, 0.6) is 0 Å². The molecule has 3 aromatic carbocycles. The number of benzene rings is 3. The van der Waals surface area contributed by atoms with Crippen LogP contribution in [0.4, 0.5) is 0 Å². The molecule has 4 aromatic rings. The van der Waals surface area contributed by atoms with Gasteiger partial charge < -0.3 is 9.80 Å². The number of para-hydroxylation sites is 1. The van der Waals surface area contributed by atoms with E-state index in [4.69, 9.17) is 0 Å². The number of hydrogen-bond acceptors (Lipinski definition) is 5. The maximum Gasteiger partial charge on any atom is 0.230 e. The number of thioether (sulfide) groups is 1. The summed E-state index contributed by atoms with van der Waals surface area (Å²) >= 11 is 1.69. The van der Waals surface area contributed by atoms with Gasteiger partial charge in [-0.3, -0.25) is 14.2 Å². The minimum atomic E-state index is -0.134. The van der Waals surface area contributed by atoms with Crippen LogP contribution >= 0.6 is 11.8 Å². The lowest BCUT2D eigenvalue weighted by molar-refractivity contribution is -0.143. The topological polar surface area (TPSA) is 71.3 Å². The van der Waals surface area contributed by atoms with Crippen molar-refractivity contribution in [3.8, 4) is 5.69 Å². The van der Waals surface area contributed by atoms with Crippen LogP contribution in [-0.2, 0) is 16.0 Å². The number of amides is 2. The van der Waals surface area contributed by atoms with E-state index in [0.717, 1.165) is 47.2 Å². The SMILES string of the molecule is CCC(C(=O)N1CCN(C(=O)CCCCSc2nnc(Cc3ccccc3)n2-c2ccccc2)CC1C)c1ccccc1. The zero-order chi connectivity index (χ0) is 30.0. The highest BCUT2D eigenvalue weighted by atomic mass is 32.2. The fraction of sp³-hybridized carbons (Fsp3) is 0.371. The summed E-state index contributed by atoms with van der Waals surface area (Å²) in [6, 6.07) is 30.6. The van der Waals surface area contributed by atoms with Crippen molar-refractivity contribution in [2.45, 2.75) is 63.1 Å². The van der Waals surface area contributed by atoms with Gasteiger partial charge in [-0.1, -0.05) is 97.5 Å². The van der Waals surface area contributed by atoms with E-state index in [9.17, 15) is 9.59 Å². The Morgan fingerprint density at radius 1 is 0.884 bits per heavy atom. The van der Waals surface area contributed by atoms with Crippen LogP contribution in [0.1, 0.15) is 62.4 Å². The number of carbonyl (C=O) groups is 2. The molecule has 0 N–H and O–H groups in total. The van der Waals surface area contributed by atoms with E-state index in [-0.39, 0.29) is 23.8 Å². The predicted octanol–water partition coefficient (Wildman–Crippen LogP) is 6.37. The van der Waals surface area contributed by atoms with Crippen LogP contribution < -0.4 is 0 Å². The van der Waals surface area contributed by atoms with E-state index in [2.05, 4.69) is 52.9 Å². The summed E-state index contributed by atoms with van der Waals surface area (Å²) in [5, 5.41) is 9.94. The highest BCUT2D eigenvalue weighted by Gasteiger charge is 2.33. The van der Waals surface area contributed by atoms with Gasteiger partial charge in [0, 0.05) is 50.0 Å². The maximum absolute atomic E-state index is 13.4. The summed E-state index contributed by atoms with van der Waals surface area (Å²) < 4.78 is 2.14. The first-order valence-electron chi connectivity index (χ1n) is 15.3. The van der Waals surface area contributed by atoms with Crippen LogP contribution in [0.2, 0.25) is 0 Å². The molecule has 43 heavy (non-hydrogen) atoms. The Morgan fingerprint density at radius 2 is 1.56 bits per heavy atom. The molecule has 1 aromatic heterocycles. The lowest BCUT2D eigenvalue weighted by atomic mass is 9.94. The molecule has 0 aliphatic carbocycles. The molecular formula is C35H41N5O2S. The van der Waals surface area contributed by atoms with Crippen molar-refractivity contribution in [2.75, 3.05) is 25.4 Å². The van der Waals surface area contributed by atoms with Crippen LogP contribution in [0, 0.1) is 0 Å². The standard InChI is InChI=1S/C35H41N5O2S/c1-3-31(29-17-9-5-10-18-29)34(42)39-23-22-38(26-27(39)2)33(41)21-13-14-24-43-35-37-36-32(25-28-15-7-4-8-16-28)40(35)30-19-11-6-12-20-30/h4-12,15-20,27,31H,3,13-14,21-26H2,1-2H3. The quantitative estimate of drug-likeness (QED) is 0.141. The van der Waals surface area contributed by atoms with E-state index in [1.807, 2.05) is 76.5 Å². The van der Waals surface area contributed by atoms with E-state index < -0.39 is 0 Å². The molecule has 0 saturated carbocycles. The van der Waals surface area contributed by atoms with Crippen molar-refractivity contribution < 1.29 is 9.59 Å². The Kier molecular flexibility index (Phi) is 10.7. The lowest BCUT2D eigenvalue weighted by Crippen LogP contribution is -2.56. The average molecular weight is 596 g/mol. The summed E-state index contributed by atoms with van der Waals surface area (Å²) in [6.45, 7) is 5.90. The van der Waals surface area contributed by atoms with Gasteiger partial charge in [-0.2, -0.15) is 0 Å². The highest BCUT2D eigenvalue weighted by Crippen LogP contribution is 2.26. The average Bonchev–Trinajstić information content (AvgIpc) is 3.44. The highest BCUT2D eigenvalue weighted by molar-refractivity contribution is 7.99. The first-order chi connectivity index (χ1) is 21.0. The molecule has 2 amide bonds. The number of piperazine rings is 1. The lowest BCUT2D eigenvalue weighted by Gasteiger charge is -2.41. The molecule has 0 bridgehead atoms. The second kappa shape index (κ2) is 15.0. The monoisotopic (exact) mass is 595 g/mol. The zero-order valence-electron chi connectivity index (χ0n) is 25.1. The number of nitrogens with zero attached hydrogens (tertiary/aromatic N) is 5. The molecule has 2 heterocycles. The minimum Gasteiger partial charge on any atom is -0.339 e. The van der Waals surface area contributed by atoms with Gasteiger partial charge in [0.05, 0.1) is 5.92 Å². The van der Waals surface area contributed by atoms with Crippen LogP contribution in [0.25, 0.3) is 5.69 Å². The molecule has 5 rings (SSSR count). The molecule has 8 heteroatoms. The Labute approximate surface area is 259 Å². The second-order valence-electron chi connectivity index (χ2n) is 11.1. The van der Waals surface area contributed by atoms with Gasteiger partial charge in [-0.15, -0.1) is 10.2 Å². The van der Waals surface area contributed by atoms with Gasteiger partial charge in [0.25, 0.3) is 0 Å². The zero-order valence-corrected chi connectivity index (χ0v) is 26.0. The second-order valence-corrected chi connectivity index (χ2v) is 12.2. The largest absolute Gasteiger partial charge is 0.339 e. The molecule has 1 aliphatic heterocycles. The third kappa shape index (κ3) is 7.73. The van der Waals surface area contributed by atoms with Crippen molar-refractivity contribution >= 4 is 23.6 Å². The third-order valence-corrected chi connectivity index (χ3v) is 9.12. The molecule has 1 saturated heterocycles. The molecule has 2 atom stereocenters. The van der Waals surface area contributed by atoms with E-state index >= 15 is 0 Å². The van der Waals surface area contributed by atoms with Gasteiger partial charge >= 0.3 is 0 Å². The number of carbonyl (C=O) groups excluding carboxylic acids is 2. The third-order valence-electron chi connectivity index (χ3n) is 8.11. The molecular weight excluding hydrogens is 554 g/mol. The number of hydrogen-bond donors (Lipinski definition) is 0. The fourth-order valence-electron chi connectivity index (χ4n) is 5.77. The van der Waals surface area contributed by atoms with E-state index in [1.54, 1.807) is 11.8 Å². The van der Waals surface area contributed by atoms with Gasteiger partial charge in [-0.25, -0.2) is 0 Å². The Balaban J connectivity index is 1.10. The summed E-state index contributed by atoms with van der Waals surface area (Å²) in [6.07, 6.45) is 3.73. The molecule has 0 spiro atoms. The molecule has 224 valence electrons. The summed E-state index contributed by atoms with van der Waals surface area (Å²) in [5.41, 5.74) is 3.31. The molecule has 1 aliphatic rings. The smallest absolute Gasteiger partial charge is 0.230 e. The van der Waals surface area contributed by atoms with Crippen LogP contribution in [0.15, 0.2) is 96.2 Å². The number of rotatable bonds is 12. The summed E-state index contributed by atoms with van der Waals surface area (Å²) in [4.78, 5) is 30.4. The van der Waals surface area contributed by atoms with Crippen LogP contribution in [-0.4, -0.2) is 67.8 Å². The van der Waals surface area contributed by atoms with E-state index in [1.165, 1.54) is 5.56 Å². The van der Waals surface area contributed by atoms with Crippen molar-refractivity contribution in [3.05, 3.63) is 108 Å². The number of unbranched alkanes of at least 4 members (excludes halogenated alkanes) is 1. The molecule has 1 fully saturated rings. The first-order valence-corrected chi connectivity index (χ1v) is 16.3. The van der Waals surface area contributed by atoms with Gasteiger partial charge in [0.15, 0.2) is 5.16 Å². The van der Waals surface area contributed by atoms with Gasteiger partial charge in [0.2, 0.25) is 11.8 Å². The summed E-state index contributed by atoms with van der Waals surface area (Å²) in [5.74, 6) is 1.98. The molecule has 2 unspecified atom stereocenters. The predicted molar refractivity (Wildman–Crippen MR) is 172 cm³/mol. The Morgan fingerprint density at radius 3 is 2.23 bits per heavy atom. The van der Waals surface area contributed by atoms with Gasteiger partial charge in [0.1, 0.15) is 5.82 Å². The first kappa shape index (κ1) is 30.5. The van der Waals surface area contributed by atoms with Crippen LogP contribution in [0.3, 0.4) is 0 Å². The Bertz CT molecular complexity index is 1460. The van der Waals surface area contributed by atoms with Crippen molar-refractivity contribution in [1.82, 2.24) is 24.6 Å². The Hall–Kier alpha value is -3.91. The van der Waals surface area contributed by atoms with Gasteiger partial charge in [-0.05, 0) is 49.4 Å². The summed E-state index contributed by atoms with van der Waals surface area (Å²) in [7, 11) is 0. The normalized spacial score (nSPS) is 15.8. The fourth-order valence-corrected chi connectivity index (χ4v) is 6.74.